The summed E-state index contributed by atoms with van der Waals surface area (Å²) < 4.78 is 26.8. The molecule has 0 amide bonds. The Hall–Kier alpha value is -0.910. The Bertz CT molecular complexity index is 505. The molecule has 0 aliphatic heterocycles. The summed E-state index contributed by atoms with van der Waals surface area (Å²) in [6.45, 7) is 6.62. The van der Waals surface area contributed by atoms with Crippen LogP contribution < -0.4 is 0 Å². The highest BCUT2D eigenvalue weighted by Gasteiger charge is 2.24. The van der Waals surface area contributed by atoms with Crippen LogP contribution in [0.5, 0.6) is 0 Å². The van der Waals surface area contributed by atoms with Crippen molar-refractivity contribution in [2.45, 2.75) is 45.1 Å². The van der Waals surface area contributed by atoms with E-state index in [2.05, 4.69) is 0 Å². The summed E-state index contributed by atoms with van der Waals surface area (Å²) in [4.78, 5) is 0.306. The smallest absolute Gasteiger partial charge is 0.243 e. The van der Waals surface area contributed by atoms with E-state index in [9.17, 15) is 8.42 Å². The van der Waals surface area contributed by atoms with Gasteiger partial charge >= 0.3 is 0 Å². The topological polar surface area (TPSA) is 57.6 Å². The van der Waals surface area contributed by atoms with Crippen LogP contribution in [0.15, 0.2) is 23.1 Å². The molecule has 0 aliphatic carbocycles. The van der Waals surface area contributed by atoms with Crippen LogP contribution in [0, 0.1) is 6.92 Å². The van der Waals surface area contributed by atoms with E-state index in [1.54, 1.807) is 25.1 Å². The third-order valence-corrected chi connectivity index (χ3v) is 5.04. The van der Waals surface area contributed by atoms with E-state index in [0.29, 0.717) is 23.5 Å². The van der Waals surface area contributed by atoms with Crippen molar-refractivity contribution in [1.82, 2.24) is 4.31 Å². The largest absolute Gasteiger partial charge is 0.392 e. The molecule has 0 aromatic heterocycles. The fraction of sp³-hybridized carbons (Fsp3) is 0.571. The van der Waals surface area contributed by atoms with Gasteiger partial charge in [-0.15, -0.1) is 0 Å². The van der Waals surface area contributed by atoms with E-state index < -0.39 is 10.0 Å². The van der Waals surface area contributed by atoms with Gasteiger partial charge in [-0.05, 0) is 37.0 Å². The average Bonchev–Trinajstić information content (AvgIpc) is 2.39. The van der Waals surface area contributed by atoms with Crippen molar-refractivity contribution in [2.24, 2.45) is 0 Å². The van der Waals surface area contributed by atoms with Gasteiger partial charge in [0.2, 0.25) is 10.0 Å². The van der Waals surface area contributed by atoms with Gasteiger partial charge in [0, 0.05) is 13.1 Å². The Morgan fingerprint density at radius 3 is 2.21 bits per heavy atom. The van der Waals surface area contributed by atoms with Crippen molar-refractivity contribution in [3.63, 3.8) is 0 Å². The summed E-state index contributed by atoms with van der Waals surface area (Å²) in [5.41, 5.74) is 1.34. The SMILES string of the molecule is CCCN(CCC)S(=O)(=O)c1cc(CO)ccc1C. The van der Waals surface area contributed by atoms with Crippen LogP contribution in [0.1, 0.15) is 37.8 Å². The van der Waals surface area contributed by atoms with Crippen LogP contribution in [0.25, 0.3) is 0 Å². The summed E-state index contributed by atoms with van der Waals surface area (Å²) in [6.07, 6.45) is 1.58. The Balaban J connectivity index is 3.23. The molecule has 0 heterocycles. The number of rotatable bonds is 7. The number of benzene rings is 1. The second-order valence-electron chi connectivity index (χ2n) is 4.66. The fourth-order valence-electron chi connectivity index (χ4n) is 2.01. The van der Waals surface area contributed by atoms with Crippen molar-refractivity contribution in [3.8, 4) is 0 Å². The number of aliphatic hydroxyl groups excluding tert-OH is 1. The Labute approximate surface area is 116 Å². The zero-order chi connectivity index (χ0) is 14.5. The first kappa shape index (κ1) is 16.1. The van der Waals surface area contributed by atoms with Crippen LogP contribution in [0.2, 0.25) is 0 Å². The molecule has 0 fully saturated rings. The molecule has 0 saturated heterocycles. The molecule has 1 aromatic carbocycles. The summed E-state index contributed by atoms with van der Waals surface area (Å²) in [6, 6.07) is 5.07. The van der Waals surface area contributed by atoms with Crippen LogP contribution in [-0.4, -0.2) is 30.9 Å². The minimum absolute atomic E-state index is 0.148. The van der Waals surface area contributed by atoms with Crippen LogP contribution >= 0.6 is 0 Å². The quantitative estimate of drug-likeness (QED) is 0.836. The van der Waals surface area contributed by atoms with E-state index in [1.165, 1.54) is 4.31 Å². The molecule has 5 heteroatoms. The number of hydrogen-bond acceptors (Lipinski definition) is 3. The minimum Gasteiger partial charge on any atom is -0.392 e. The van der Waals surface area contributed by atoms with Crippen molar-refractivity contribution >= 4 is 10.0 Å². The number of aryl methyl sites for hydroxylation is 1. The minimum atomic E-state index is -3.47. The molecule has 108 valence electrons. The Kier molecular flexibility index (Phi) is 5.97. The van der Waals surface area contributed by atoms with E-state index in [4.69, 9.17) is 5.11 Å². The molecule has 0 saturated carbocycles. The molecule has 0 spiro atoms. The maximum Gasteiger partial charge on any atom is 0.243 e. The van der Waals surface area contributed by atoms with Gasteiger partial charge in [0.1, 0.15) is 0 Å². The van der Waals surface area contributed by atoms with E-state index >= 15 is 0 Å². The Morgan fingerprint density at radius 2 is 1.74 bits per heavy atom. The number of hydrogen-bond donors (Lipinski definition) is 1. The molecule has 1 aromatic rings. The average molecular weight is 285 g/mol. The summed E-state index contributed by atoms with van der Waals surface area (Å²) >= 11 is 0. The number of nitrogens with zero attached hydrogens (tertiary/aromatic N) is 1. The lowest BCUT2D eigenvalue weighted by atomic mass is 10.2. The van der Waals surface area contributed by atoms with Gasteiger partial charge < -0.3 is 5.11 Å². The predicted octanol–water partition coefficient (Wildman–Crippen LogP) is 2.30. The molecule has 1 rings (SSSR count). The van der Waals surface area contributed by atoms with Crippen molar-refractivity contribution < 1.29 is 13.5 Å². The van der Waals surface area contributed by atoms with Crippen molar-refractivity contribution in [2.75, 3.05) is 13.1 Å². The number of aliphatic hydroxyl groups is 1. The highest BCUT2D eigenvalue weighted by Crippen LogP contribution is 2.22. The van der Waals surface area contributed by atoms with Gasteiger partial charge in [-0.25, -0.2) is 8.42 Å². The molecule has 0 aliphatic rings. The van der Waals surface area contributed by atoms with Gasteiger partial charge in [-0.2, -0.15) is 4.31 Å². The molecular formula is C14H23NO3S. The first-order chi connectivity index (χ1) is 8.97. The monoisotopic (exact) mass is 285 g/mol. The molecule has 0 unspecified atom stereocenters. The zero-order valence-corrected chi connectivity index (χ0v) is 12.7. The standard InChI is InChI=1S/C14H23NO3S/c1-4-8-15(9-5-2)19(17,18)14-10-13(11-16)7-6-12(14)3/h6-7,10,16H,4-5,8-9,11H2,1-3H3. The van der Waals surface area contributed by atoms with Gasteiger partial charge in [0.25, 0.3) is 0 Å². The molecule has 1 N–H and O–H groups in total. The van der Waals surface area contributed by atoms with E-state index in [1.807, 2.05) is 13.8 Å². The molecule has 19 heavy (non-hydrogen) atoms. The third-order valence-electron chi connectivity index (χ3n) is 3.00. The first-order valence-corrected chi connectivity index (χ1v) is 8.11. The van der Waals surface area contributed by atoms with E-state index in [-0.39, 0.29) is 6.61 Å². The summed E-state index contributed by atoms with van der Waals surface area (Å²) in [5.74, 6) is 0. The third kappa shape index (κ3) is 3.78. The van der Waals surface area contributed by atoms with Crippen LogP contribution in [0.3, 0.4) is 0 Å². The van der Waals surface area contributed by atoms with E-state index in [0.717, 1.165) is 18.4 Å². The normalized spacial score (nSPS) is 12.1. The second-order valence-corrected chi connectivity index (χ2v) is 6.57. The molecule has 4 nitrogen and oxygen atoms in total. The first-order valence-electron chi connectivity index (χ1n) is 6.67. The maximum atomic E-state index is 12.6. The lowest BCUT2D eigenvalue weighted by Gasteiger charge is -2.22. The second kappa shape index (κ2) is 7.03. The molecule has 0 bridgehead atoms. The van der Waals surface area contributed by atoms with Crippen molar-refractivity contribution in [1.29, 1.82) is 0 Å². The van der Waals surface area contributed by atoms with Gasteiger partial charge in [-0.1, -0.05) is 26.0 Å². The van der Waals surface area contributed by atoms with Gasteiger partial charge in [0.15, 0.2) is 0 Å². The summed E-state index contributed by atoms with van der Waals surface area (Å²) in [5, 5.41) is 9.16. The zero-order valence-electron chi connectivity index (χ0n) is 11.9. The molecular weight excluding hydrogens is 262 g/mol. The molecule has 0 radical (unpaired) electrons. The fourth-order valence-corrected chi connectivity index (χ4v) is 3.91. The highest BCUT2D eigenvalue weighted by atomic mass is 32.2. The van der Waals surface area contributed by atoms with Gasteiger partial charge in [-0.3, -0.25) is 0 Å². The lowest BCUT2D eigenvalue weighted by molar-refractivity contribution is 0.281. The molecule has 0 atom stereocenters. The van der Waals surface area contributed by atoms with Crippen molar-refractivity contribution in [3.05, 3.63) is 29.3 Å². The van der Waals surface area contributed by atoms with Gasteiger partial charge in [0.05, 0.1) is 11.5 Å². The van der Waals surface area contributed by atoms with Crippen LogP contribution in [0.4, 0.5) is 0 Å². The maximum absolute atomic E-state index is 12.6. The predicted molar refractivity (Wildman–Crippen MR) is 76.4 cm³/mol. The van der Waals surface area contributed by atoms with Crippen LogP contribution in [-0.2, 0) is 16.6 Å². The highest BCUT2D eigenvalue weighted by molar-refractivity contribution is 7.89. The lowest BCUT2D eigenvalue weighted by Crippen LogP contribution is -2.33. The summed E-state index contributed by atoms with van der Waals surface area (Å²) in [7, 11) is -3.47. The number of sulfonamides is 1. The Morgan fingerprint density at radius 1 is 1.16 bits per heavy atom.